The minimum Gasteiger partial charge on any atom is -0.344 e. The lowest BCUT2D eigenvalue weighted by Gasteiger charge is -2.08. The van der Waals surface area contributed by atoms with Crippen LogP contribution in [0.15, 0.2) is 48.5 Å². The summed E-state index contributed by atoms with van der Waals surface area (Å²) >= 11 is 0. The molecule has 0 radical (unpaired) electrons. The Balaban J connectivity index is 1.93. The first-order valence-electron chi connectivity index (χ1n) is 6.46. The second kappa shape index (κ2) is 6.65. The third-order valence-corrected chi connectivity index (χ3v) is 3.03. The predicted octanol–water partition coefficient (Wildman–Crippen LogP) is 2.39. The number of hydrogen-bond donors (Lipinski definition) is 2. The average Bonchev–Trinajstić information content (AvgIpc) is 2.48. The molecule has 0 aromatic heterocycles. The summed E-state index contributed by atoms with van der Waals surface area (Å²) in [6.45, 7) is 2.16. The zero-order valence-electron chi connectivity index (χ0n) is 11.5. The molecule has 0 fully saturated rings. The van der Waals surface area contributed by atoms with Gasteiger partial charge in [0.05, 0.1) is 5.69 Å². The molecule has 0 unspecified atom stereocenters. The van der Waals surface area contributed by atoms with Crippen LogP contribution >= 0.6 is 0 Å². The van der Waals surface area contributed by atoms with Gasteiger partial charge < -0.3 is 10.6 Å². The molecule has 0 atom stereocenters. The lowest BCUT2D eigenvalue weighted by molar-refractivity contribution is -0.136. The maximum Gasteiger partial charge on any atom is 0.313 e. The molecule has 0 saturated heterocycles. The van der Waals surface area contributed by atoms with Crippen molar-refractivity contribution >= 4 is 17.5 Å². The van der Waals surface area contributed by atoms with Crippen LogP contribution in [0, 0.1) is 12.7 Å². The maximum absolute atomic E-state index is 13.4. The summed E-state index contributed by atoms with van der Waals surface area (Å²) in [7, 11) is 0. The Morgan fingerprint density at radius 1 is 1.00 bits per heavy atom. The molecule has 2 amide bonds. The number of hydrogen-bond acceptors (Lipinski definition) is 2. The second-order valence-corrected chi connectivity index (χ2v) is 4.54. The topological polar surface area (TPSA) is 58.2 Å². The number of aryl methyl sites for hydroxylation is 1. The van der Waals surface area contributed by atoms with E-state index in [2.05, 4.69) is 10.6 Å². The number of carbonyl (C=O) groups is 2. The standard InChI is InChI=1S/C16H15FN2O2/c1-11-6-2-3-7-12(11)10-18-15(20)16(21)19-14-9-5-4-8-13(14)17/h2-9H,10H2,1H3,(H,18,20)(H,19,21). The van der Waals surface area contributed by atoms with E-state index in [1.165, 1.54) is 18.2 Å². The van der Waals surface area contributed by atoms with E-state index in [1.807, 2.05) is 31.2 Å². The highest BCUT2D eigenvalue weighted by molar-refractivity contribution is 6.39. The van der Waals surface area contributed by atoms with Crippen molar-refractivity contribution in [1.82, 2.24) is 5.32 Å². The number of carbonyl (C=O) groups excluding carboxylic acids is 2. The molecule has 4 nitrogen and oxygen atoms in total. The van der Waals surface area contributed by atoms with Crippen molar-refractivity contribution in [2.45, 2.75) is 13.5 Å². The Bertz CT molecular complexity index is 671. The molecule has 0 bridgehead atoms. The SMILES string of the molecule is Cc1ccccc1CNC(=O)C(=O)Nc1ccccc1F. The Morgan fingerprint density at radius 3 is 2.38 bits per heavy atom. The van der Waals surface area contributed by atoms with Crippen LogP contribution in [0.25, 0.3) is 0 Å². The smallest absolute Gasteiger partial charge is 0.313 e. The molecule has 2 N–H and O–H groups in total. The van der Waals surface area contributed by atoms with Gasteiger partial charge in [-0.25, -0.2) is 4.39 Å². The summed E-state index contributed by atoms with van der Waals surface area (Å²) in [5, 5.41) is 4.74. The van der Waals surface area contributed by atoms with Crippen LogP contribution in [0.3, 0.4) is 0 Å². The van der Waals surface area contributed by atoms with Gasteiger partial charge in [0.25, 0.3) is 0 Å². The first kappa shape index (κ1) is 14.7. The van der Waals surface area contributed by atoms with Crippen molar-refractivity contribution in [2.75, 3.05) is 5.32 Å². The third kappa shape index (κ3) is 3.89. The number of amides is 2. The number of anilines is 1. The molecule has 2 rings (SSSR count). The first-order chi connectivity index (χ1) is 10.1. The molecule has 0 aliphatic heterocycles. The van der Waals surface area contributed by atoms with E-state index in [0.29, 0.717) is 0 Å². The van der Waals surface area contributed by atoms with Crippen LogP contribution in [0.2, 0.25) is 0 Å². The normalized spacial score (nSPS) is 10.0. The zero-order valence-corrected chi connectivity index (χ0v) is 11.5. The molecular weight excluding hydrogens is 271 g/mol. The van der Waals surface area contributed by atoms with Crippen molar-refractivity contribution in [2.24, 2.45) is 0 Å². The minimum absolute atomic E-state index is 0.0199. The third-order valence-electron chi connectivity index (χ3n) is 3.03. The lowest BCUT2D eigenvalue weighted by Crippen LogP contribution is -2.35. The number of benzene rings is 2. The summed E-state index contributed by atoms with van der Waals surface area (Å²) in [6.07, 6.45) is 0. The molecule has 0 aliphatic carbocycles. The molecule has 2 aromatic carbocycles. The average molecular weight is 286 g/mol. The maximum atomic E-state index is 13.4. The van der Waals surface area contributed by atoms with Gasteiger partial charge in [-0.05, 0) is 30.2 Å². The molecule has 0 saturated carbocycles. The molecule has 0 spiro atoms. The highest BCUT2D eigenvalue weighted by atomic mass is 19.1. The van der Waals surface area contributed by atoms with Gasteiger partial charge >= 0.3 is 11.8 Å². The van der Waals surface area contributed by atoms with Crippen molar-refractivity contribution in [3.63, 3.8) is 0 Å². The van der Waals surface area contributed by atoms with Crippen molar-refractivity contribution < 1.29 is 14.0 Å². The highest BCUT2D eigenvalue weighted by Gasteiger charge is 2.15. The van der Waals surface area contributed by atoms with Crippen LogP contribution in [-0.4, -0.2) is 11.8 Å². The van der Waals surface area contributed by atoms with Crippen molar-refractivity contribution in [3.05, 3.63) is 65.5 Å². The van der Waals surface area contributed by atoms with Crippen LogP contribution < -0.4 is 10.6 Å². The quantitative estimate of drug-likeness (QED) is 0.851. The Kier molecular flexibility index (Phi) is 4.66. The largest absolute Gasteiger partial charge is 0.344 e. The van der Waals surface area contributed by atoms with E-state index >= 15 is 0 Å². The van der Waals surface area contributed by atoms with E-state index in [1.54, 1.807) is 6.07 Å². The van der Waals surface area contributed by atoms with E-state index in [0.717, 1.165) is 11.1 Å². The monoisotopic (exact) mass is 286 g/mol. The van der Waals surface area contributed by atoms with Crippen LogP contribution in [0.5, 0.6) is 0 Å². The molecule has 2 aromatic rings. The summed E-state index contributed by atoms with van der Waals surface area (Å²) in [4.78, 5) is 23.4. The molecule has 21 heavy (non-hydrogen) atoms. The Labute approximate surface area is 122 Å². The Hall–Kier alpha value is -2.69. The zero-order chi connectivity index (χ0) is 15.2. The van der Waals surface area contributed by atoms with E-state index in [4.69, 9.17) is 0 Å². The van der Waals surface area contributed by atoms with Gasteiger partial charge in [-0.1, -0.05) is 36.4 Å². The van der Waals surface area contributed by atoms with Gasteiger partial charge in [0.15, 0.2) is 0 Å². The molecule has 5 heteroatoms. The van der Waals surface area contributed by atoms with E-state index in [-0.39, 0.29) is 12.2 Å². The lowest BCUT2D eigenvalue weighted by atomic mass is 10.1. The molecule has 108 valence electrons. The molecular formula is C16H15FN2O2. The summed E-state index contributed by atoms with van der Waals surface area (Å²) < 4.78 is 13.4. The summed E-state index contributed by atoms with van der Waals surface area (Å²) in [5.41, 5.74) is 1.92. The van der Waals surface area contributed by atoms with E-state index < -0.39 is 17.6 Å². The van der Waals surface area contributed by atoms with Crippen molar-refractivity contribution in [1.29, 1.82) is 0 Å². The van der Waals surface area contributed by atoms with Gasteiger partial charge in [0, 0.05) is 6.54 Å². The first-order valence-corrected chi connectivity index (χ1v) is 6.46. The van der Waals surface area contributed by atoms with Gasteiger partial charge in [-0.2, -0.15) is 0 Å². The predicted molar refractivity (Wildman–Crippen MR) is 78.1 cm³/mol. The second-order valence-electron chi connectivity index (χ2n) is 4.54. The minimum atomic E-state index is -0.895. The van der Waals surface area contributed by atoms with Crippen LogP contribution in [0.4, 0.5) is 10.1 Å². The van der Waals surface area contributed by atoms with E-state index in [9.17, 15) is 14.0 Å². The number of rotatable bonds is 3. The van der Waals surface area contributed by atoms with Gasteiger partial charge in [0.1, 0.15) is 5.82 Å². The number of nitrogens with one attached hydrogen (secondary N) is 2. The van der Waals surface area contributed by atoms with Crippen molar-refractivity contribution in [3.8, 4) is 0 Å². The van der Waals surface area contributed by atoms with Crippen LogP contribution in [0.1, 0.15) is 11.1 Å². The highest BCUT2D eigenvalue weighted by Crippen LogP contribution is 2.12. The fourth-order valence-electron chi connectivity index (χ4n) is 1.81. The summed E-state index contributed by atoms with van der Waals surface area (Å²) in [6, 6.07) is 13.2. The Morgan fingerprint density at radius 2 is 1.67 bits per heavy atom. The van der Waals surface area contributed by atoms with Gasteiger partial charge in [-0.3, -0.25) is 9.59 Å². The van der Waals surface area contributed by atoms with Crippen LogP contribution in [-0.2, 0) is 16.1 Å². The number of halogens is 1. The fourth-order valence-corrected chi connectivity index (χ4v) is 1.81. The molecule has 0 heterocycles. The fraction of sp³-hybridized carbons (Fsp3) is 0.125. The summed E-state index contributed by atoms with van der Waals surface area (Å²) in [5.74, 6) is -2.28. The van der Waals surface area contributed by atoms with Gasteiger partial charge in [0.2, 0.25) is 0 Å². The number of para-hydroxylation sites is 1. The molecule has 0 aliphatic rings. The van der Waals surface area contributed by atoms with Gasteiger partial charge in [-0.15, -0.1) is 0 Å².